The Morgan fingerprint density at radius 2 is 2.21 bits per heavy atom. The van der Waals surface area contributed by atoms with E-state index < -0.39 is 0 Å². The third-order valence-corrected chi connectivity index (χ3v) is 4.20. The predicted octanol–water partition coefficient (Wildman–Crippen LogP) is 4.18. The topological polar surface area (TPSA) is 16.1 Å². The summed E-state index contributed by atoms with van der Waals surface area (Å²) in [5, 5.41) is 0. The van der Waals surface area contributed by atoms with Crippen molar-refractivity contribution in [2.45, 2.75) is 25.4 Å². The number of aromatic nitrogens is 1. The molecule has 2 heterocycles. The van der Waals surface area contributed by atoms with Crippen molar-refractivity contribution in [1.29, 1.82) is 0 Å². The van der Waals surface area contributed by atoms with Gasteiger partial charge in [0.05, 0.1) is 0 Å². The summed E-state index contributed by atoms with van der Waals surface area (Å²) < 4.78 is 1.17. The van der Waals surface area contributed by atoms with Gasteiger partial charge in [-0.25, -0.2) is 0 Å². The third kappa shape index (κ3) is 3.04. The van der Waals surface area contributed by atoms with Crippen LogP contribution >= 0.6 is 15.9 Å². The first-order valence-corrected chi connectivity index (χ1v) is 7.50. The average molecular weight is 317 g/mol. The normalized spacial score (nSPS) is 19.7. The van der Waals surface area contributed by atoms with E-state index in [1.807, 2.05) is 18.5 Å². The van der Waals surface area contributed by atoms with Crippen LogP contribution in [0.2, 0.25) is 0 Å². The van der Waals surface area contributed by atoms with Gasteiger partial charge in [0.1, 0.15) is 0 Å². The summed E-state index contributed by atoms with van der Waals surface area (Å²) in [7, 11) is 0. The average Bonchev–Trinajstić information content (AvgIpc) is 2.88. The molecule has 0 amide bonds. The molecule has 2 aromatic rings. The fourth-order valence-corrected chi connectivity index (χ4v) is 3.25. The smallest absolute Gasteiger partial charge is 0.0352 e. The molecule has 19 heavy (non-hydrogen) atoms. The van der Waals surface area contributed by atoms with Gasteiger partial charge < -0.3 is 0 Å². The van der Waals surface area contributed by atoms with Crippen LogP contribution in [-0.2, 0) is 6.54 Å². The van der Waals surface area contributed by atoms with Crippen LogP contribution in [-0.4, -0.2) is 16.4 Å². The quantitative estimate of drug-likeness (QED) is 0.844. The lowest BCUT2D eigenvalue weighted by Gasteiger charge is -2.25. The van der Waals surface area contributed by atoms with Gasteiger partial charge in [-0.3, -0.25) is 9.88 Å². The zero-order valence-electron chi connectivity index (χ0n) is 10.8. The van der Waals surface area contributed by atoms with E-state index in [1.165, 1.54) is 35.0 Å². The van der Waals surface area contributed by atoms with Crippen LogP contribution in [0.4, 0.5) is 0 Å². The lowest BCUT2D eigenvalue weighted by molar-refractivity contribution is 0.248. The van der Waals surface area contributed by atoms with E-state index >= 15 is 0 Å². The van der Waals surface area contributed by atoms with Gasteiger partial charge in [-0.2, -0.15) is 0 Å². The van der Waals surface area contributed by atoms with E-state index in [9.17, 15) is 0 Å². The molecule has 1 aliphatic rings. The summed E-state index contributed by atoms with van der Waals surface area (Å²) in [5.41, 5.74) is 2.71. The number of hydrogen-bond acceptors (Lipinski definition) is 2. The van der Waals surface area contributed by atoms with Crippen LogP contribution in [0.25, 0.3) is 0 Å². The molecule has 0 N–H and O–H groups in total. The Morgan fingerprint density at radius 3 is 3.00 bits per heavy atom. The Bertz CT molecular complexity index is 541. The van der Waals surface area contributed by atoms with Crippen molar-refractivity contribution < 1.29 is 0 Å². The molecule has 0 bridgehead atoms. The van der Waals surface area contributed by atoms with Gasteiger partial charge in [-0.1, -0.05) is 34.1 Å². The maximum Gasteiger partial charge on any atom is 0.0352 e. The maximum absolute atomic E-state index is 4.20. The summed E-state index contributed by atoms with van der Waals surface area (Å²) in [6, 6.07) is 13.4. The molecule has 2 nitrogen and oxygen atoms in total. The third-order valence-electron chi connectivity index (χ3n) is 3.71. The Balaban J connectivity index is 1.78. The second kappa shape index (κ2) is 5.85. The van der Waals surface area contributed by atoms with Crippen LogP contribution in [0.1, 0.15) is 30.0 Å². The Morgan fingerprint density at radius 1 is 1.26 bits per heavy atom. The molecule has 1 aromatic carbocycles. The molecule has 1 unspecified atom stereocenters. The zero-order valence-corrected chi connectivity index (χ0v) is 12.4. The van der Waals surface area contributed by atoms with E-state index in [0.717, 1.165) is 6.54 Å². The largest absolute Gasteiger partial charge is 0.292 e. The molecule has 0 aliphatic carbocycles. The minimum atomic E-state index is 0.540. The molecule has 1 atom stereocenters. The van der Waals surface area contributed by atoms with Crippen molar-refractivity contribution in [3.05, 3.63) is 64.4 Å². The first-order valence-electron chi connectivity index (χ1n) is 6.71. The Kier molecular flexibility index (Phi) is 3.95. The van der Waals surface area contributed by atoms with Gasteiger partial charge in [0.25, 0.3) is 0 Å². The highest BCUT2D eigenvalue weighted by molar-refractivity contribution is 9.10. The highest BCUT2D eigenvalue weighted by atomic mass is 79.9. The molecule has 98 valence electrons. The number of likely N-dealkylation sites (tertiary alicyclic amines) is 1. The number of halogens is 1. The SMILES string of the molecule is Brc1cccc(C2CCCN2Cc2cccnc2)c1. The van der Waals surface area contributed by atoms with Gasteiger partial charge in [-0.05, 0) is 48.7 Å². The minimum Gasteiger partial charge on any atom is -0.292 e. The standard InChI is InChI=1S/C16H17BrN2/c17-15-6-1-5-14(10-15)16-7-3-9-19(16)12-13-4-2-8-18-11-13/h1-2,4-6,8,10-11,16H,3,7,9,12H2. The van der Waals surface area contributed by atoms with Crippen molar-refractivity contribution in [2.24, 2.45) is 0 Å². The van der Waals surface area contributed by atoms with Crippen molar-refractivity contribution in [3.63, 3.8) is 0 Å². The van der Waals surface area contributed by atoms with Crippen LogP contribution < -0.4 is 0 Å². The van der Waals surface area contributed by atoms with Gasteiger partial charge >= 0.3 is 0 Å². The summed E-state index contributed by atoms with van der Waals surface area (Å²) in [4.78, 5) is 6.76. The fraction of sp³-hybridized carbons (Fsp3) is 0.312. The van der Waals surface area contributed by atoms with E-state index in [-0.39, 0.29) is 0 Å². The number of pyridine rings is 1. The first kappa shape index (κ1) is 12.8. The zero-order chi connectivity index (χ0) is 13.1. The van der Waals surface area contributed by atoms with Gasteiger partial charge in [0.2, 0.25) is 0 Å². The van der Waals surface area contributed by atoms with E-state index in [2.05, 4.69) is 56.1 Å². The molecular formula is C16H17BrN2. The molecular weight excluding hydrogens is 300 g/mol. The van der Waals surface area contributed by atoms with Gasteiger partial charge in [0, 0.05) is 29.5 Å². The van der Waals surface area contributed by atoms with E-state index in [0.29, 0.717) is 6.04 Å². The van der Waals surface area contributed by atoms with Crippen LogP contribution in [0.15, 0.2) is 53.3 Å². The monoisotopic (exact) mass is 316 g/mol. The van der Waals surface area contributed by atoms with Gasteiger partial charge in [0.15, 0.2) is 0 Å². The summed E-state index contributed by atoms with van der Waals surface area (Å²) in [6.45, 7) is 2.16. The molecule has 0 spiro atoms. The molecule has 1 aromatic heterocycles. The molecule has 0 radical (unpaired) electrons. The maximum atomic E-state index is 4.20. The number of nitrogens with zero attached hydrogens (tertiary/aromatic N) is 2. The fourth-order valence-electron chi connectivity index (χ4n) is 2.83. The second-order valence-electron chi connectivity index (χ2n) is 5.04. The molecule has 3 rings (SSSR count). The van der Waals surface area contributed by atoms with Gasteiger partial charge in [-0.15, -0.1) is 0 Å². The highest BCUT2D eigenvalue weighted by Crippen LogP contribution is 2.33. The number of hydrogen-bond donors (Lipinski definition) is 0. The summed E-state index contributed by atoms with van der Waals surface area (Å²) in [6.07, 6.45) is 6.32. The van der Waals surface area contributed by atoms with Crippen molar-refractivity contribution >= 4 is 15.9 Å². The van der Waals surface area contributed by atoms with Crippen LogP contribution in [0, 0.1) is 0 Å². The number of rotatable bonds is 3. The van der Waals surface area contributed by atoms with Crippen molar-refractivity contribution in [2.75, 3.05) is 6.54 Å². The summed E-state index contributed by atoms with van der Waals surface area (Å²) >= 11 is 3.57. The summed E-state index contributed by atoms with van der Waals surface area (Å²) in [5.74, 6) is 0. The molecule has 3 heteroatoms. The van der Waals surface area contributed by atoms with E-state index in [1.54, 1.807) is 0 Å². The Hall–Kier alpha value is -1.19. The van der Waals surface area contributed by atoms with Crippen molar-refractivity contribution in [1.82, 2.24) is 9.88 Å². The van der Waals surface area contributed by atoms with Crippen LogP contribution in [0.3, 0.4) is 0 Å². The first-order chi connectivity index (χ1) is 9.33. The molecule has 0 saturated carbocycles. The molecule has 1 fully saturated rings. The Labute approximate surface area is 122 Å². The second-order valence-corrected chi connectivity index (χ2v) is 5.96. The number of benzene rings is 1. The van der Waals surface area contributed by atoms with Crippen LogP contribution in [0.5, 0.6) is 0 Å². The minimum absolute atomic E-state index is 0.540. The predicted molar refractivity (Wildman–Crippen MR) is 80.8 cm³/mol. The molecule has 1 saturated heterocycles. The lowest BCUT2D eigenvalue weighted by atomic mass is 10.0. The van der Waals surface area contributed by atoms with E-state index in [4.69, 9.17) is 0 Å². The highest BCUT2D eigenvalue weighted by Gasteiger charge is 2.25. The lowest BCUT2D eigenvalue weighted by Crippen LogP contribution is -2.22. The van der Waals surface area contributed by atoms with Crippen molar-refractivity contribution in [3.8, 4) is 0 Å². The molecule has 1 aliphatic heterocycles.